The van der Waals surface area contributed by atoms with Crippen molar-refractivity contribution in [1.82, 2.24) is 0 Å². The molecule has 10 aromatic carbocycles. The highest BCUT2D eigenvalue weighted by Crippen LogP contribution is 2.48. The summed E-state index contributed by atoms with van der Waals surface area (Å²) in [6.07, 6.45) is 0. The second-order valence-corrected chi connectivity index (χ2v) is 15.4. The van der Waals surface area contributed by atoms with Gasteiger partial charge in [0.05, 0.1) is 0 Å². The van der Waals surface area contributed by atoms with Gasteiger partial charge in [0.25, 0.3) is 0 Å². The molecule has 0 aromatic heterocycles. The van der Waals surface area contributed by atoms with Crippen LogP contribution in [0, 0.1) is 0 Å². The molecule has 2 heterocycles. The fraction of sp³-hybridized carbons (Fsp3) is 0. The first-order chi connectivity index (χ1) is 27.8. The average molecular weight is 704 g/mol. The van der Waals surface area contributed by atoms with E-state index in [9.17, 15) is 0 Å². The maximum absolute atomic E-state index is 2.58. The molecule has 2 heteroatoms. The van der Waals surface area contributed by atoms with Crippen LogP contribution in [0.1, 0.15) is 0 Å². The van der Waals surface area contributed by atoms with E-state index in [-0.39, 0.29) is 13.4 Å². The maximum Gasteiger partial charge on any atom is 0.242 e. The van der Waals surface area contributed by atoms with Gasteiger partial charge in [-0.15, -0.1) is 0 Å². The molecule has 0 fully saturated rings. The Balaban J connectivity index is 1.28. The molecule has 0 saturated heterocycles. The van der Waals surface area contributed by atoms with Gasteiger partial charge < -0.3 is 0 Å². The van der Waals surface area contributed by atoms with Crippen molar-refractivity contribution in [2.75, 3.05) is 0 Å². The monoisotopic (exact) mass is 704 g/mol. The van der Waals surface area contributed by atoms with Gasteiger partial charge in [-0.05, 0) is 76.8 Å². The highest BCUT2D eigenvalue weighted by atomic mass is 14.3. The van der Waals surface area contributed by atoms with Crippen LogP contribution in [0.25, 0.3) is 76.8 Å². The second kappa shape index (κ2) is 12.3. The topological polar surface area (TPSA) is 0 Å². The van der Waals surface area contributed by atoms with Crippen molar-refractivity contribution < 1.29 is 0 Å². The third-order valence-electron chi connectivity index (χ3n) is 12.6. The Morgan fingerprint density at radius 3 is 1.23 bits per heavy atom. The summed E-state index contributed by atoms with van der Waals surface area (Å²) in [6, 6.07) is 77.2. The first-order valence-electron chi connectivity index (χ1n) is 19.8. The fourth-order valence-corrected chi connectivity index (χ4v) is 10.4. The molecule has 0 nitrogen and oxygen atoms in total. The van der Waals surface area contributed by atoms with Crippen molar-refractivity contribution in [3.63, 3.8) is 0 Å². The molecular formula is C54H34B2. The highest BCUT2D eigenvalue weighted by Gasteiger charge is 2.40. The predicted molar refractivity (Wildman–Crippen MR) is 243 cm³/mol. The molecule has 0 bridgehead atoms. The normalized spacial score (nSPS) is 12.6. The van der Waals surface area contributed by atoms with Gasteiger partial charge in [-0.2, -0.15) is 0 Å². The van der Waals surface area contributed by atoms with Crippen molar-refractivity contribution in [2.24, 2.45) is 0 Å². The largest absolute Gasteiger partial charge is 0.242 e. The average Bonchev–Trinajstić information content (AvgIpc) is 3.79. The van der Waals surface area contributed by atoms with E-state index in [1.54, 1.807) is 0 Å². The predicted octanol–water partition coefficient (Wildman–Crippen LogP) is 9.47. The zero-order valence-corrected chi connectivity index (χ0v) is 30.8. The summed E-state index contributed by atoms with van der Waals surface area (Å²) in [6.45, 7) is 0.281. The molecule has 0 unspecified atom stereocenters. The lowest BCUT2D eigenvalue weighted by Crippen LogP contribution is -2.49. The Hall–Kier alpha value is -6.89. The molecule has 256 valence electrons. The fourth-order valence-electron chi connectivity index (χ4n) is 10.4. The minimum Gasteiger partial charge on any atom is -0.0686 e. The zero-order chi connectivity index (χ0) is 36.7. The van der Waals surface area contributed by atoms with Crippen molar-refractivity contribution in [1.29, 1.82) is 0 Å². The second-order valence-electron chi connectivity index (χ2n) is 15.4. The minimum atomic E-state index is 0.115. The molecule has 0 N–H and O–H groups in total. The molecule has 2 aliphatic heterocycles. The van der Waals surface area contributed by atoms with Crippen LogP contribution in [-0.4, -0.2) is 13.4 Å². The van der Waals surface area contributed by atoms with Gasteiger partial charge in [-0.1, -0.05) is 239 Å². The Labute approximate surface area is 327 Å². The summed E-state index contributed by atoms with van der Waals surface area (Å²) < 4.78 is 0. The number of benzene rings is 10. The molecule has 0 saturated carbocycles. The summed E-state index contributed by atoms with van der Waals surface area (Å²) in [4.78, 5) is 0. The van der Waals surface area contributed by atoms with Crippen LogP contribution < -0.4 is 32.8 Å². The van der Waals surface area contributed by atoms with Crippen LogP contribution in [0.3, 0.4) is 0 Å². The number of hydrogen-bond donors (Lipinski definition) is 0. The summed E-state index contributed by atoms with van der Waals surface area (Å²) in [5.74, 6) is 0. The van der Waals surface area contributed by atoms with E-state index in [4.69, 9.17) is 0 Å². The van der Waals surface area contributed by atoms with Gasteiger partial charge in [-0.3, -0.25) is 0 Å². The van der Waals surface area contributed by atoms with Gasteiger partial charge in [0, 0.05) is 0 Å². The van der Waals surface area contributed by atoms with Gasteiger partial charge in [0.15, 0.2) is 0 Å². The lowest BCUT2D eigenvalue weighted by Gasteiger charge is -2.22. The van der Waals surface area contributed by atoms with Crippen molar-refractivity contribution >= 4 is 78.5 Å². The molecule has 0 amide bonds. The molecule has 10 aromatic rings. The van der Waals surface area contributed by atoms with E-state index in [0.717, 1.165) is 0 Å². The first-order valence-corrected chi connectivity index (χ1v) is 19.8. The molecule has 0 radical (unpaired) electrons. The minimum absolute atomic E-state index is 0.115. The van der Waals surface area contributed by atoms with Crippen molar-refractivity contribution in [3.05, 3.63) is 206 Å². The van der Waals surface area contributed by atoms with Crippen molar-refractivity contribution in [3.8, 4) is 44.5 Å². The number of hydrogen-bond acceptors (Lipinski definition) is 0. The van der Waals surface area contributed by atoms with E-state index < -0.39 is 0 Å². The summed E-state index contributed by atoms with van der Waals surface area (Å²) in [7, 11) is 0. The molecule has 0 aliphatic carbocycles. The standard InChI is InChI=1S/C54H34B2/c1-4-18-35(19-5-1)50-38-24-10-12-26-40(38)51(41-27-13-11-25-39(41)50)45-34-49-53(44-29-15-17-31-47(44)56(49)37-22-8-3-9-23-37)54-42(45)32-33-48-52(54)43-28-14-16-30-46(43)55(48)36-20-6-2-7-21-36/h1-34H. The van der Waals surface area contributed by atoms with Gasteiger partial charge in [0.2, 0.25) is 13.4 Å². The van der Waals surface area contributed by atoms with E-state index in [1.165, 1.54) is 110 Å². The molecule has 2 aliphatic rings. The third-order valence-corrected chi connectivity index (χ3v) is 12.6. The Bertz CT molecular complexity index is 3110. The van der Waals surface area contributed by atoms with Crippen LogP contribution in [0.15, 0.2) is 206 Å². The van der Waals surface area contributed by atoms with E-state index in [0.29, 0.717) is 0 Å². The lowest BCUT2D eigenvalue weighted by molar-refractivity contribution is 1.66. The molecule has 56 heavy (non-hydrogen) atoms. The van der Waals surface area contributed by atoms with Crippen LogP contribution in [-0.2, 0) is 0 Å². The molecule has 0 atom stereocenters. The SMILES string of the molecule is c1ccc(B2c3ccccc3-c3c2ccc2c(-c4c5ccccc5c(-c5ccccc5)c5ccccc45)cc4c(c32)-c2ccccc2B4c2ccccc2)cc1. The quantitative estimate of drug-likeness (QED) is 0.127. The Kier molecular flexibility index (Phi) is 6.92. The number of rotatable bonds is 4. The van der Waals surface area contributed by atoms with Crippen LogP contribution in [0.5, 0.6) is 0 Å². The highest BCUT2D eigenvalue weighted by molar-refractivity contribution is 7.00. The van der Waals surface area contributed by atoms with E-state index in [1.807, 2.05) is 0 Å². The summed E-state index contributed by atoms with van der Waals surface area (Å²) >= 11 is 0. The zero-order valence-electron chi connectivity index (χ0n) is 30.8. The van der Waals surface area contributed by atoms with Crippen LogP contribution in [0.4, 0.5) is 0 Å². The molecular weight excluding hydrogens is 670 g/mol. The molecule has 12 rings (SSSR count). The third kappa shape index (κ3) is 4.45. The Morgan fingerprint density at radius 2 is 0.679 bits per heavy atom. The van der Waals surface area contributed by atoms with Crippen LogP contribution >= 0.6 is 0 Å². The summed E-state index contributed by atoms with van der Waals surface area (Å²) in [5.41, 5.74) is 18.8. The van der Waals surface area contributed by atoms with E-state index >= 15 is 0 Å². The van der Waals surface area contributed by atoms with Gasteiger partial charge in [-0.25, -0.2) is 0 Å². The maximum atomic E-state index is 2.58. The van der Waals surface area contributed by atoms with Gasteiger partial charge >= 0.3 is 0 Å². The summed E-state index contributed by atoms with van der Waals surface area (Å²) in [5, 5.41) is 7.78. The first kappa shape index (κ1) is 31.5. The Morgan fingerprint density at radius 1 is 0.250 bits per heavy atom. The lowest BCUT2D eigenvalue weighted by atomic mass is 9.38. The van der Waals surface area contributed by atoms with Crippen molar-refractivity contribution in [2.45, 2.75) is 0 Å². The van der Waals surface area contributed by atoms with Crippen LogP contribution in [0.2, 0.25) is 0 Å². The smallest absolute Gasteiger partial charge is 0.0686 e. The van der Waals surface area contributed by atoms with Gasteiger partial charge in [0.1, 0.15) is 0 Å². The van der Waals surface area contributed by atoms with E-state index in [2.05, 4.69) is 206 Å². The number of fused-ring (bicyclic) bond motifs is 11. The molecule has 0 spiro atoms.